The number of anilines is 1. The molecule has 0 unspecified atom stereocenters. The van der Waals surface area contributed by atoms with E-state index >= 15 is 0 Å². The van der Waals surface area contributed by atoms with Crippen LogP contribution in [0.15, 0.2) is 48.7 Å². The van der Waals surface area contributed by atoms with Gasteiger partial charge in [0.05, 0.1) is 24.6 Å². The SMILES string of the molecule is COc1ccc(NC(=O)C[C@@H]2c3ccccc3C=CN2C(C)=O)cc1Cl. The van der Waals surface area contributed by atoms with Gasteiger partial charge in [0.15, 0.2) is 0 Å². The van der Waals surface area contributed by atoms with Gasteiger partial charge in [0, 0.05) is 18.8 Å². The lowest BCUT2D eigenvalue weighted by molar-refractivity contribution is -0.129. The highest BCUT2D eigenvalue weighted by Gasteiger charge is 2.28. The number of nitrogens with one attached hydrogen (secondary N) is 1. The van der Waals surface area contributed by atoms with E-state index in [1.54, 1.807) is 29.3 Å². The molecule has 6 heteroatoms. The molecule has 0 spiro atoms. The van der Waals surface area contributed by atoms with Crippen molar-refractivity contribution in [3.8, 4) is 5.75 Å². The number of halogens is 1. The molecular weight excluding hydrogens is 352 g/mol. The number of hydrogen-bond acceptors (Lipinski definition) is 3. The van der Waals surface area contributed by atoms with E-state index in [9.17, 15) is 9.59 Å². The van der Waals surface area contributed by atoms with Gasteiger partial charge in [-0.15, -0.1) is 0 Å². The van der Waals surface area contributed by atoms with Gasteiger partial charge < -0.3 is 15.0 Å². The fraction of sp³-hybridized carbons (Fsp3) is 0.200. The van der Waals surface area contributed by atoms with Crippen LogP contribution in [0.3, 0.4) is 0 Å². The second kappa shape index (κ2) is 7.62. The average molecular weight is 371 g/mol. The molecule has 0 radical (unpaired) electrons. The normalized spacial score (nSPS) is 15.3. The summed E-state index contributed by atoms with van der Waals surface area (Å²) in [6.07, 6.45) is 3.76. The lowest BCUT2D eigenvalue weighted by Gasteiger charge is -2.32. The van der Waals surface area contributed by atoms with E-state index in [1.807, 2.05) is 30.3 Å². The molecule has 0 saturated carbocycles. The zero-order valence-corrected chi connectivity index (χ0v) is 15.3. The maximum Gasteiger partial charge on any atom is 0.226 e. The van der Waals surface area contributed by atoms with E-state index in [-0.39, 0.29) is 24.3 Å². The number of hydrogen-bond donors (Lipinski definition) is 1. The number of rotatable bonds is 4. The minimum Gasteiger partial charge on any atom is -0.495 e. The van der Waals surface area contributed by atoms with E-state index in [1.165, 1.54) is 14.0 Å². The van der Waals surface area contributed by atoms with Crippen molar-refractivity contribution >= 4 is 35.2 Å². The van der Waals surface area contributed by atoms with Crippen LogP contribution < -0.4 is 10.1 Å². The molecule has 1 aliphatic heterocycles. The average Bonchev–Trinajstić information content (AvgIpc) is 2.62. The number of fused-ring (bicyclic) bond motifs is 1. The second-order valence-electron chi connectivity index (χ2n) is 5.99. The molecule has 1 atom stereocenters. The molecule has 0 fully saturated rings. The second-order valence-corrected chi connectivity index (χ2v) is 6.40. The van der Waals surface area contributed by atoms with Crippen LogP contribution in [-0.2, 0) is 9.59 Å². The number of amides is 2. The predicted octanol–water partition coefficient (Wildman–Crippen LogP) is 4.25. The van der Waals surface area contributed by atoms with Crippen molar-refractivity contribution in [2.24, 2.45) is 0 Å². The fourth-order valence-electron chi connectivity index (χ4n) is 3.04. The zero-order valence-electron chi connectivity index (χ0n) is 14.5. The molecule has 2 amide bonds. The maximum absolute atomic E-state index is 12.6. The van der Waals surface area contributed by atoms with Crippen molar-refractivity contribution in [1.29, 1.82) is 0 Å². The van der Waals surface area contributed by atoms with Gasteiger partial charge in [0.25, 0.3) is 0 Å². The molecule has 134 valence electrons. The van der Waals surface area contributed by atoms with Crippen molar-refractivity contribution in [2.45, 2.75) is 19.4 Å². The molecule has 1 N–H and O–H groups in total. The van der Waals surface area contributed by atoms with E-state index in [4.69, 9.17) is 16.3 Å². The Kier molecular flexibility index (Phi) is 5.28. The minimum atomic E-state index is -0.345. The van der Waals surface area contributed by atoms with Crippen LogP contribution >= 0.6 is 11.6 Å². The first kappa shape index (κ1) is 18.0. The van der Waals surface area contributed by atoms with Crippen LogP contribution in [0.25, 0.3) is 6.08 Å². The molecule has 1 heterocycles. The van der Waals surface area contributed by atoms with E-state index in [0.717, 1.165) is 11.1 Å². The minimum absolute atomic E-state index is 0.110. The number of methoxy groups -OCH3 is 1. The summed E-state index contributed by atoms with van der Waals surface area (Å²) in [5, 5.41) is 3.25. The molecular formula is C20H19ClN2O3. The highest BCUT2D eigenvalue weighted by molar-refractivity contribution is 6.32. The van der Waals surface area contributed by atoms with Crippen LogP contribution in [0.4, 0.5) is 5.69 Å². The van der Waals surface area contributed by atoms with Crippen molar-refractivity contribution < 1.29 is 14.3 Å². The Bertz CT molecular complexity index is 879. The topological polar surface area (TPSA) is 58.6 Å². The molecule has 0 aromatic heterocycles. The Morgan fingerprint density at radius 1 is 1.23 bits per heavy atom. The molecule has 0 saturated heterocycles. The summed E-state index contributed by atoms with van der Waals surface area (Å²) in [5.41, 5.74) is 2.54. The van der Waals surface area contributed by atoms with E-state index < -0.39 is 0 Å². The maximum atomic E-state index is 12.6. The Morgan fingerprint density at radius 2 is 2.00 bits per heavy atom. The molecule has 3 rings (SSSR count). The monoisotopic (exact) mass is 370 g/mol. The Hall–Kier alpha value is -2.79. The molecule has 2 aromatic rings. The van der Waals surface area contributed by atoms with Gasteiger partial charge in [-0.25, -0.2) is 0 Å². The van der Waals surface area contributed by atoms with E-state index in [2.05, 4.69) is 5.32 Å². The predicted molar refractivity (Wildman–Crippen MR) is 102 cm³/mol. The number of benzene rings is 2. The van der Waals surface area contributed by atoms with Gasteiger partial charge in [-0.2, -0.15) is 0 Å². The van der Waals surface area contributed by atoms with Gasteiger partial charge in [-0.1, -0.05) is 35.9 Å². The molecule has 1 aliphatic rings. The van der Waals surface area contributed by atoms with Crippen molar-refractivity contribution in [2.75, 3.05) is 12.4 Å². The third-order valence-corrected chi connectivity index (χ3v) is 4.58. The first-order valence-corrected chi connectivity index (χ1v) is 8.57. The zero-order chi connectivity index (χ0) is 18.7. The molecule has 0 bridgehead atoms. The smallest absolute Gasteiger partial charge is 0.226 e. The number of ether oxygens (including phenoxy) is 1. The van der Waals surface area contributed by atoms with Gasteiger partial charge >= 0.3 is 0 Å². The lowest BCUT2D eigenvalue weighted by Crippen LogP contribution is -2.33. The van der Waals surface area contributed by atoms with Gasteiger partial charge in [0.2, 0.25) is 11.8 Å². The Labute approximate surface area is 157 Å². The van der Waals surface area contributed by atoms with E-state index in [0.29, 0.717) is 16.5 Å². The highest BCUT2D eigenvalue weighted by atomic mass is 35.5. The summed E-state index contributed by atoms with van der Waals surface area (Å²) >= 11 is 6.10. The van der Waals surface area contributed by atoms with Crippen LogP contribution in [0.5, 0.6) is 5.75 Å². The molecule has 2 aromatic carbocycles. The number of carbonyl (C=O) groups is 2. The first-order chi connectivity index (χ1) is 12.5. The third-order valence-electron chi connectivity index (χ3n) is 4.28. The lowest BCUT2D eigenvalue weighted by atomic mass is 9.93. The van der Waals surface area contributed by atoms with Crippen LogP contribution in [-0.4, -0.2) is 23.8 Å². The summed E-state index contributed by atoms with van der Waals surface area (Å²) in [5.74, 6) is 0.229. The summed E-state index contributed by atoms with van der Waals surface area (Å²) < 4.78 is 5.11. The van der Waals surface area contributed by atoms with Crippen LogP contribution in [0.1, 0.15) is 30.5 Å². The summed E-state index contributed by atoms with van der Waals surface area (Å²) in [4.78, 5) is 26.1. The van der Waals surface area contributed by atoms with Gasteiger partial charge in [0.1, 0.15) is 5.75 Å². The summed E-state index contributed by atoms with van der Waals surface area (Å²) in [6.45, 7) is 1.49. The largest absolute Gasteiger partial charge is 0.495 e. The quantitative estimate of drug-likeness (QED) is 0.875. The fourth-order valence-corrected chi connectivity index (χ4v) is 3.30. The van der Waals surface area contributed by atoms with Crippen molar-refractivity contribution in [3.63, 3.8) is 0 Å². The van der Waals surface area contributed by atoms with Gasteiger partial charge in [-0.3, -0.25) is 9.59 Å². The molecule has 5 nitrogen and oxygen atoms in total. The highest BCUT2D eigenvalue weighted by Crippen LogP contribution is 2.33. The Balaban J connectivity index is 1.79. The standard InChI is InChI=1S/C20H19ClN2O3/c1-13(24)23-10-9-14-5-3-4-6-16(14)18(23)12-20(25)22-15-7-8-19(26-2)17(21)11-15/h3-11,18H,12H2,1-2H3,(H,22,25)/t18-/m1/s1. The van der Waals surface area contributed by atoms with Crippen molar-refractivity contribution in [3.05, 3.63) is 64.8 Å². The summed E-state index contributed by atoms with van der Waals surface area (Å²) in [7, 11) is 1.53. The number of nitrogens with zero attached hydrogens (tertiary/aromatic N) is 1. The summed E-state index contributed by atoms with van der Waals surface area (Å²) in [6, 6.07) is 12.5. The molecule has 0 aliphatic carbocycles. The first-order valence-electron chi connectivity index (χ1n) is 8.19. The third kappa shape index (κ3) is 3.73. The van der Waals surface area contributed by atoms with Crippen molar-refractivity contribution in [1.82, 2.24) is 4.90 Å². The van der Waals surface area contributed by atoms with Gasteiger partial charge in [-0.05, 0) is 35.4 Å². The van der Waals surface area contributed by atoms with Crippen LogP contribution in [0.2, 0.25) is 5.02 Å². The molecule has 26 heavy (non-hydrogen) atoms. The Morgan fingerprint density at radius 3 is 2.69 bits per heavy atom. The number of carbonyl (C=O) groups excluding carboxylic acids is 2. The van der Waals surface area contributed by atoms with Crippen LogP contribution in [0, 0.1) is 0 Å².